The molecule has 0 bridgehead atoms. The molecule has 0 aliphatic carbocycles. The second-order valence-electron chi connectivity index (χ2n) is 4.14. The monoisotopic (exact) mass is 198 g/mol. The second-order valence-corrected chi connectivity index (χ2v) is 4.14. The van der Waals surface area contributed by atoms with Crippen molar-refractivity contribution in [2.24, 2.45) is 5.92 Å². The quantitative estimate of drug-likeness (QED) is 0.692. The van der Waals surface area contributed by atoms with Crippen molar-refractivity contribution >= 4 is 5.97 Å². The summed E-state index contributed by atoms with van der Waals surface area (Å²) in [6.07, 6.45) is 1.73. The highest BCUT2D eigenvalue weighted by Gasteiger charge is 2.23. The van der Waals surface area contributed by atoms with Crippen molar-refractivity contribution in [2.75, 3.05) is 6.61 Å². The Morgan fingerprint density at radius 1 is 1.57 bits per heavy atom. The number of ether oxygens (including phenoxy) is 1. The maximum absolute atomic E-state index is 10.8. The Hall–Kier alpha value is -0.830. The molecule has 1 fully saturated rings. The minimum absolute atomic E-state index is 0.188. The minimum Gasteiger partial charge on any atom is -0.478 e. The van der Waals surface area contributed by atoms with Crippen LogP contribution in [0.25, 0.3) is 0 Å². The molecule has 0 aromatic carbocycles. The molecule has 0 amide bonds. The van der Waals surface area contributed by atoms with Crippen molar-refractivity contribution in [3.63, 3.8) is 0 Å². The molecule has 1 unspecified atom stereocenters. The lowest BCUT2D eigenvalue weighted by atomic mass is 9.92. The summed E-state index contributed by atoms with van der Waals surface area (Å²) in [5.74, 6) is -0.351. The fourth-order valence-electron chi connectivity index (χ4n) is 1.66. The molecule has 1 N–H and O–H groups in total. The van der Waals surface area contributed by atoms with Crippen molar-refractivity contribution in [3.8, 4) is 0 Å². The fourth-order valence-corrected chi connectivity index (χ4v) is 1.66. The van der Waals surface area contributed by atoms with Crippen LogP contribution in [0.1, 0.15) is 33.6 Å². The summed E-state index contributed by atoms with van der Waals surface area (Å²) in [5.41, 5.74) is 1.54. The molecule has 1 atom stereocenters. The standard InChI is InChI=1S/C11H18O3/c1-7(2)10-6-9(4-5-14-10)8(3)11(12)13/h7,10H,4-6H2,1-3H3,(H,12,13). The van der Waals surface area contributed by atoms with E-state index >= 15 is 0 Å². The smallest absolute Gasteiger partial charge is 0.331 e. The molecule has 0 aromatic heterocycles. The molecule has 1 aliphatic heterocycles. The van der Waals surface area contributed by atoms with Crippen LogP contribution < -0.4 is 0 Å². The van der Waals surface area contributed by atoms with Crippen LogP contribution in [0.5, 0.6) is 0 Å². The number of carbonyl (C=O) groups is 1. The first-order valence-corrected chi connectivity index (χ1v) is 5.06. The summed E-state index contributed by atoms with van der Waals surface area (Å²) in [6.45, 7) is 6.54. The summed E-state index contributed by atoms with van der Waals surface area (Å²) in [7, 11) is 0. The Labute approximate surface area is 84.8 Å². The molecule has 3 heteroatoms. The lowest BCUT2D eigenvalue weighted by Crippen LogP contribution is -2.26. The first-order valence-electron chi connectivity index (χ1n) is 5.06. The van der Waals surface area contributed by atoms with Crippen molar-refractivity contribution in [2.45, 2.75) is 39.7 Å². The van der Waals surface area contributed by atoms with E-state index in [1.165, 1.54) is 0 Å². The lowest BCUT2D eigenvalue weighted by molar-refractivity contribution is -0.132. The second kappa shape index (κ2) is 4.60. The van der Waals surface area contributed by atoms with Gasteiger partial charge < -0.3 is 9.84 Å². The van der Waals surface area contributed by atoms with Crippen molar-refractivity contribution < 1.29 is 14.6 Å². The third-order valence-electron chi connectivity index (χ3n) is 2.78. The molecule has 1 aliphatic rings. The van der Waals surface area contributed by atoms with Crippen LogP contribution in [0.4, 0.5) is 0 Å². The predicted octanol–water partition coefficient (Wildman–Crippen LogP) is 2.22. The van der Waals surface area contributed by atoms with Gasteiger partial charge in [0.1, 0.15) is 0 Å². The molecule has 0 saturated carbocycles. The van der Waals surface area contributed by atoms with E-state index in [2.05, 4.69) is 13.8 Å². The molecule has 1 rings (SSSR count). The van der Waals surface area contributed by atoms with E-state index in [1.54, 1.807) is 6.92 Å². The Balaban J connectivity index is 2.73. The van der Waals surface area contributed by atoms with Gasteiger partial charge in [-0.1, -0.05) is 19.4 Å². The van der Waals surface area contributed by atoms with E-state index in [9.17, 15) is 4.79 Å². The third-order valence-corrected chi connectivity index (χ3v) is 2.78. The zero-order chi connectivity index (χ0) is 10.7. The summed E-state index contributed by atoms with van der Waals surface area (Å²) in [4.78, 5) is 10.8. The van der Waals surface area contributed by atoms with Gasteiger partial charge in [0.25, 0.3) is 0 Å². The molecule has 14 heavy (non-hydrogen) atoms. The Morgan fingerprint density at radius 3 is 2.71 bits per heavy atom. The van der Waals surface area contributed by atoms with E-state index < -0.39 is 5.97 Å². The fraction of sp³-hybridized carbons (Fsp3) is 0.727. The average Bonchev–Trinajstić information content (AvgIpc) is 2.16. The van der Waals surface area contributed by atoms with Crippen LogP contribution >= 0.6 is 0 Å². The molecule has 0 aromatic rings. The van der Waals surface area contributed by atoms with Crippen molar-refractivity contribution in [3.05, 3.63) is 11.1 Å². The summed E-state index contributed by atoms with van der Waals surface area (Å²) in [5, 5.41) is 8.86. The largest absolute Gasteiger partial charge is 0.478 e. The van der Waals surface area contributed by atoms with E-state index in [0.717, 1.165) is 18.4 Å². The Bertz CT molecular complexity index is 253. The third kappa shape index (κ3) is 2.58. The van der Waals surface area contributed by atoms with Gasteiger partial charge in [-0.25, -0.2) is 4.79 Å². The zero-order valence-corrected chi connectivity index (χ0v) is 9.04. The van der Waals surface area contributed by atoms with E-state index in [4.69, 9.17) is 9.84 Å². The molecule has 3 nitrogen and oxygen atoms in total. The summed E-state index contributed by atoms with van der Waals surface area (Å²) >= 11 is 0. The molecular weight excluding hydrogens is 180 g/mol. The van der Waals surface area contributed by atoms with Gasteiger partial charge >= 0.3 is 5.97 Å². The highest BCUT2D eigenvalue weighted by molar-refractivity contribution is 5.86. The molecule has 1 saturated heterocycles. The van der Waals surface area contributed by atoms with Crippen LogP contribution in [0.2, 0.25) is 0 Å². The maximum atomic E-state index is 10.8. The molecule has 0 spiro atoms. The highest BCUT2D eigenvalue weighted by atomic mass is 16.5. The molecule has 1 heterocycles. The number of carboxylic acid groups (broad SMARTS) is 1. The van der Waals surface area contributed by atoms with Gasteiger partial charge in [-0.2, -0.15) is 0 Å². The molecular formula is C11H18O3. The topological polar surface area (TPSA) is 46.5 Å². The van der Waals surface area contributed by atoms with Crippen LogP contribution in [0.3, 0.4) is 0 Å². The van der Waals surface area contributed by atoms with Crippen LogP contribution in [0.15, 0.2) is 11.1 Å². The SMILES string of the molecule is CC(C(=O)O)=C1CCOC(C(C)C)C1. The van der Waals surface area contributed by atoms with Gasteiger partial charge in [0.15, 0.2) is 0 Å². The van der Waals surface area contributed by atoms with Crippen LogP contribution in [-0.4, -0.2) is 23.8 Å². The highest BCUT2D eigenvalue weighted by Crippen LogP contribution is 2.26. The van der Waals surface area contributed by atoms with Crippen LogP contribution in [0, 0.1) is 5.92 Å². The van der Waals surface area contributed by atoms with E-state index in [0.29, 0.717) is 18.1 Å². The Morgan fingerprint density at radius 2 is 2.21 bits per heavy atom. The van der Waals surface area contributed by atoms with Gasteiger partial charge in [0.05, 0.1) is 12.7 Å². The maximum Gasteiger partial charge on any atom is 0.331 e. The van der Waals surface area contributed by atoms with Crippen molar-refractivity contribution in [1.82, 2.24) is 0 Å². The molecule has 80 valence electrons. The zero-order valence-electron chi connectivity index (χ0n) is 9.04. The van der Waals surface area contributed by atoms with E-state index in [-0.39, 0.29) is 6.10 Å². The van der Waals surface area contributed by atoms with Gasteiger partial charge in [-0.3, -0.25) is 0 Å². The number of aliphatic carboxylic acids is 1. The number of hydrogen-bond acceptors (Lipinski definition) is 2. The van der Waals surface area contributed by atoms with Gasteiger partial charge in [-0.05, 0) is 25.7 Å². The predicted molar refractivity (Wildman–Crippen MR) is 54.1 cm³/mol. The van der Waals surface area contributed by atoms with Crippen molar-refractivity contribution in [1.29, 1.82) is 0 Å². The van der Waals surface area contributed by atoms with Gasteiger partial charge in [0, 0.05) is 5.57 Å². The lowest BCUT2D eigenvalue weighted by Gasteiger charge is -2.28. The summed E-state index contributed by atoms with van der Waals surface area (Å²) < 4.78 is 5.57. The van der Waals surface area contributed by atoms with E-state index in [1.807, 2.05) is 0 Å². The molecule has 0 radical (unpaired) electrons. The van der Waals surface area contributed by atoms with Crippen LogP contribution in [-0.2, 0) is 9.53 Å². The first kappa shape index (κ1) is 11.2. The normalized spacial score (nSPS) is 26.4. The number of rotatable bonds is 2. The minimum atomic E-state index is -0.801. The van der Waals surface area contributed by atoms with Gasteiger partial charge in [0.2, 0.25) is 0 Å². The average molecular weight is 198 g/mol. The first-order chi connectivity index (χ1) is 6.52. The van der Waals surface area contributed by atoms with Gasteiger partial charge in [-0.15, -0.1) is 0 Å². The number of hydrogen-bond donors (Lipinski definition) is 1. The summed E-state index contributed by atoms with van der Waals surface area (Å²) in [6, 6.07) is 0. The Kier molecular flexibility index (Phi) is 3.69. The number of carboxylic acids is 1.